The second kappa shape index (κ2) is 7.45. The van der Waals surface area contributed by atoms with E-state index in [2.05, 4.69) is 50.5 Å². The second-order valence-corrected chi connectivity index (χ2v) is 6.44. The van der Waals surface area contributed by atoms with Gasteiger partial charge in [-0.15, -0.1) is 0 Å². The third-order valence-electron chi connectivity index (χ3n) is 3.88. The Labute approximate surface area is 149 Å². The minimum absolute atomic E-state index is 0.140. The minimum atomic E-state index is -0.140. The summed E-state index contributed by atoms with van der Waals surface area (Å²) in [6, 6.07) is 16.0. The number of hydrogen-bond donors (Lipinski definition) is 2. The number of carbonyl (C=O) groups is 1. The van der Waals surface area contributed by atoms with Gasteiger partial charge >= 0.3 is 0 Å². The lowest BCUT2D eigenvalue weighted by molar-refractivity contribution is 0.0951. The van der Waals surface area contributed by atoms with Crippen LogP contribution < -0.4 is 5.32 Å². The van der Waals surface area contributed by atoms with Crippen LogP contribution in [0.3, 0.4) is 0 Å². The number of aromatic amines is 1. The number of halogens is 1. The molecule has 1 heterocycles. The molecule has 3 rings (SSSR count). The van der Waals surface area contributed by atoms with Gasteiger partial charge in [0.2, 0.25) is 0 Å². The van der Waals surface area contributed by atoms with E-state index in [0.29, 0.717) is 12.1 Å². The van der Waals surface area contributed by atoms with Crippen LogP contribution in [0.25, 0.3) is 11.3 Å². The summed E-state index contributed by atoms with van der Waals surface area (Å²) in [7, 11) is 0. The first kappa shape index (κ1) is 16.5. The van der Waals surface area contributed by atoms with Gasteiger partial charge in [0.25, 0.3) is 5.91 Å². The lowest BCUT2D eigenvalue weighted by Crippen LogP contribution is -2.23. The molecule has 0 fully saturated rings. The van der Waals surface area contributed by atoms with E-state index >= 15 is 0 Å². The maximum absolute atomic E-state index is 12.5. The van der Waals surface area contributed by atoms with Gasteiger partial charge in [-0.25, -0.2) is 0 Å². The van der Waals surface area contributed by atoms with Gasteiger partial charge in [0.1, 0.15) is 0 Å². The number of nitrogens with zero attached hydrogens (tertiary/aromatic N) is 1. The Kier molecular flexibility index (Phi) is 5.11. The number of nitrogens with one attached hydrogen (secondary N) is 2. The first-order valence-corrected chi connectivity index (χ1v) is 8.62. The minimum Gasteiger partial charge on any atom is -0.348 e. The molecule has 0 saturated heterocycles. The van der Waals surface area contributed by atoms with E-state index in [-0.39, 0.29) is 5.91 Å². The van der Waals surface area contributed by atoms with Crippen molar-refractivity contribution in [3.63, 3.8) is 0 Å². The van der Waals surface area contributed by atoms with Crippen LogP contribution in [0.4, 0.5) is 0 Å². The Hall–Kier alpha value is -2.40. The van der Waals surface area contributed by atoms with Crippen molar-refractivity contribution in [1.29, 1.82) is 0 Å². The average molecular weight is 384 g/mol. The molecule has 0 aliphatic rings. The Morgan fingerprint density at radius 2 is 1.92 bits per heavy atom. The summed E-state index contributed by atoms with van der Waals surface area (Å²) in [4.78, 5) is 12.5. The third-order valence-corrected chi connectivity index (χ3v) is 4.37. The quantitative estimate of drug-likeness (QED) is 0.688. The summed E-state index contributed by atoms with van der Waals surface area (Å²) < 4.78 is 0.956. The third kappa shape index (κ3) is 3.74. The Morgan fingerprint density at radius 3 is 2.62 bits per heavy atom. The lowest BCUT2D eigenvalue weighted by Gasteiger charge is -2.07. The molecule has 5 heteroatoms. The smallest absolute Gasteiger partial charge is 0.255 e. The molecule has 1 aromatic heterocycles. The molecule has 122 valence electrons. The van der Waals surface area contributed by atoms with Crippen molar-refractivity contribution in [2.24, 2.45) is 0 Å². The highest BCUT2D eigenvalue weighted by molar-refractivity contribution is 9.10. The van der Waals surface area contributed by atoms with Crippen molar-refractivity contribution in [3.05, 3.63) is 75.9 Å². The van der Waals surface area contributed by atoms with Gasteiger partial charge in [-0.1, -0.05) is 59.3 Å². The number of H-pyrrole nitrogens is 1. The standard InChI is InChI=1S/C19H18BrN3O/c1-2-13-6-8-14(9-7-13)11-21-19(24)17-12-22-23-18(17)15-4-3-5-16(20)10-15/h3-10,12H,2,11H2,1H3,(H,21,24)(H,22,23). The highest BCUT2D eigenvalue weighted by Gasteiger charge is 2.15. The first-order valence-electron chi connectivity index (χ1n) is 7.82. The molecule has 2 N–H and O–H groups in total. The molecular formula is C19H18BrN3O. The topological polar surface area (TPSA) is 57.8 Å². The fourth-order valence-corrected chi connectivity index (χ4v) is 2.89. The number of rotatable bonds is 5. The van der Waals surface area contributed by atoms with E-state index in [1.165, 1.54) is 5.56 Å². The van der Waals surface area contributed by atoms with Crippen LogP contribution in [-0.4, -0.2) is 16.1 Å². The van der Waals surface area contributed by atoms with Crippen LogP contribution in [0.5, 0.6) is 0 Å². The van der Waals surface area contributed by atoms with Crippen molar-refractivity contribution in [1.82, 2.24) is 15.5 Å². The Balaban J connectivity index is 1.73. The van der Waals surface area contributed by atoms with Crippen molar-refractivity contribution < 1.29 is 4.79 Å². The molecule has 0 saturated carbocycles. The van der Waals surface area contributed by atoms with Crippen LogP contribution in [0.1, 0.15) is 28.4 Å². The summed E-state index contributed by atoms with van der Waals surface area (Å²) in [5.41, 5.74) is 4.54. The molecule has 0 aliphatic heterocycles. The zero-order valence-electron chi connectivity index (χ0n) is 13.3. The number of carbonyl (C=O) groups excluding carboxylic acids is 1. The van der Waals surface area contributed by atoms with Gasteiger partial charge < -0.3 is 5.32 Å². The summed E-state index contributed by atoms with van der Waals surface area (Å²) in [6.07, 6.45) is 2.57. The summed E-state index contributed by atoms with van der Waals surface area (Å²) in [5, 5.41) is 9.89. The van der Waals surface area contributed by atoms with E-state index in [0.717, 1.165) is 27.7 Å². The van der Waals surface area contributed by atoms with Gasteiger partial charge in [-0.05, 0) is 29.7 Å². The van der Waals surface area contributed by atoms with Crippen molar-refractivity contribution in [2.75, 3.05) is 0 Å². The van der Waals surface area contributed by atoms with Crippen molar-refractivity contribution in [3.8, 4) is 11.3 Å². The average Bonchev–Trinajstić information content (AvgIpc) is 3.10. The molecule has 3 aromatic rings. The summed E-state index contributed by atoms with van der Waals surface area (Å²) in [6.45, 7) is 2.62. The number of benzene rings is 2. The zero-order chi connectivity index (χ0) is 16.9. The van der Waals surface area contributed by atoms with E-state index in [1.807, 2.05) is 36.4 Å². The Bertz CT molecular complexity index is 840. The fourth-order valence-electron chi connectivity index (χ4n) is 2.49. The maximum Gasteiger partial charge on any atom is 0.255 e. The first-order chi connectivity index (χ1) is 11.7. The van der Waals surface area contributed by atoms with Gasteiger partial charge in [0, 0.05) is 16.6 Å². The van der Waals surface area contributed by atoms with Crippen LogP contribution >= 0.6 is 15.9 Å². The summed E-state index contributed by atoms with van der Waals surface area (Å²) in [5.74, 6) is -0.140. The maximum atomic E-state index is 12.5. The molecule has 0 radical (unpaired) electrons. The van der Waals surface area contributed by atoms with Crippen LogP contribution in [0.15, 0.2) is 59.2 Å². The number of amides is 1. The van der Waals surface area contributed by atoms with Crippen LogP contribution in [0, 0.1) is 0 Å². The SMILES string of the molecule is CCc1ccc(CNC(=O)c2cn[nH]c2-c2cccc(Br)c2)cc1. The fraction of sp³-hybridized carbons (Fsp3) is 0.158. The Morgan fingerprint density at radius 1 is 1.17 bits per heavy atom. The highest BCUT2D eigenvalue weighted by atomic mass is 79.9. The lowest BCUT2D eigenvalue weighted by atomic mass is 10.1. The van der Waals surface area contributed by atoms with Crippen LogP contribution in [0.2, 0.25) is 0 Å². The molecule has 0 unspecified atom stereocenters. The normalized spacial score (nSPS) is 10.6. The molecule has 4 nitrogen and oxygen atoms in total. The summed E-state index contributed by atoms with van der Waals surface area (Å²) >= 11 is 3.45. The molecule has 0 spiro atoms. The number of hydrogen-bond acceptors (Lipinski definition) is 2. The van der Waals surface area contributed by atoms with Crippen LogP contribution in [-0.2, 0) is 13.0 Å². The molecule has 2 aromatic carbocycles. The van der Waals surface area contributed by atoms with Gasteiger partial charge in [0.15, 0.2) is 0 Å². The molecular weight excluding hydrogens is 366 g/mol. The number of aromatic nitrogens is 2. The number of aryl methyl sites for hydroxylation is 1. The van der Waals surface area contributed by atoms with Gasteiger partial charge in [-0.2, -0.15) is 5.10 Å². The molecule has 0 aliphatic carbocycles. The molecule has 24 heavy (non-hydrogen) atoms. The monoisotopic (exact) mass is 383 g/mol. The largest absolute Gasteiger partial charge is 0.348 e. The van der Waals surface area contributed by atoms with E-state index < -0.39 is 0 Å². The predicted octanol–water partition coefficient (Wildman–Crippen LogP) is 4.33. The predicted molar refractivity (Wildman–Crippen MR) is 98.7 cm³/mol. The van der Waals surface area contributed by atoms with E-state index in [9.17, 15) is 4.79 Å². The molecule has 0 atom stereocenters. The molecule has 1 amide bonds. The van der Waals surface area contributed by atoms with Gasteiger partial charge in [0.05, 0.1) is 17.5 Å². The molecule has 0 bridgehead atoms. The zero-order valence-corrected chi connectivity index (χ0v) is 14.9. The van der Waals surface area contributed by atoms with Crippen molar-refractivity contribution >= 4 is 21.8 Å². The highest BCUT2D eigenvalue weighted by Crippen LogP contribution is 2.24. The van der Waals surface area contributed by atoms with E-state index in [1.54, 1.807) is 6.20 Å². The van der Waals surface area contributed by atoms with E-state index in [4.69, 9.17) is 0 Å². The van der Waals surface area contributed by atoms with Crippen molar-refractivity contribution in [2.45, 2.75) is 19.9 Å². The second-order valence-electron chi connectivity index (χ2n) is 5.52. The van der Waals surface area contributed by atoms with Gasteiger partial charge in [-0.3, -0.25) is 9.89 Å².